The molecule has 150 valence electrons. The first-order chi connectivity index (χ1) is 12.8. The lowest BCUT2D eigenvalue weighted by atomic mass is 10.0. The molecule has 1 saturated heterocycles. The molecule has 1 aromatic carbocycles. The minimum absolute atomic E-state index is 0.0437. The minimum Gasteiger partial charge on any atom is -0.496 e. The van der Waals surface area contributed by atoms with E-state index >= 15 is 0 Å². The molecule has 2 amide bonds. The third-order valence-corrected chi connectivity index (χ3v) is 5.46. The van der Waals surface area contributed by atoms with Crippen LogP contribution in [0.3, 0.4) is 0 Å². The van der Waals surface area contributed by atoms with E-state index in [1.54, 1.807) is 35.0 Å². The molecule has 0 spiro atoms. The van der Waals surface area contributed by atoms with E-state index in [-0.39, 0.29) is 17.9 Å². The highest BCUT2D eigenvalue weighted by Gasteiger charge is 2.37. The highest BCUT2D eigenvalue weighted by atomic mass is 35.5. The van der Waals surface area contributed by atoms with Gasteiger partial charge in [0.15, 0.2) is 0 Å². The molecule has 0 radical (unpaired) electrons. The number of amides is 2. The van der Waals surface area contributed by atoms with Crippen molar-refractivity contribution in [2.45, 2.75) is 45.2 Å². The molecule has 2 unspecified atom stereocenters. The van der Waals surface area contributed by atoms with Crippen LogP contribution in [0.2, 0.25) is 5.02 Å². The summed E-state index contributed by atoms with van der Waals surface area (Å²) in [6, 6.07) is 4.53. The predicted octanol–water partition coefficient (Wildman–Crippen LogP) is 2.79. The summed E-state index contributed by atoms with van der Waals surface area (Å²) in [5.74, 6) is 0.558. The number of halogens is 1. The van der Waals surface area contributed by atoms with Gasteiger partial charge in [0.05, 0.1) is 12.7 Å². The van der Waals surface area contributed by atoms with E-state index in [2.05, 4.69) is 13.8 Å². The van der Waals surface area contributed by atoms with Crippen LogP contribution in [0, 0.1) is 5.92 Å². The molecule has 6 nitrogen and oxygen atoms in total. The van der Waals surface area contributed by atoms with Crippen molar-refractivity contribution in [3.8, 4) is 5.75 Å². The maximum atomic E-state index is 13.1. The van der Waals surface area contributed by atoms with E-state index in [1.807, 2.05) is 0 Å². The van der Waals surface area contributed by atoms with Crippen molar-refractivity contribution in [3.05, 3.63) is 28.8 Å². The molecule has 0 aliphatic carbocycles. The summed E-state index contributed by atoms with van der Waals surface area (Å²) in [6.07, 6.45) is 2.20. The number of carbonyl (C=O) groups is 2. The Bertz CT molecular complexity index is 680. The number of ether oxygens (including phenoxy) is 1. The summed E-state index contributed by atoms with van der Waals surface area (Å²) in [6.45, 7) is 5.27. The lowest BCUT2D eigenvalue weighted by Crippen LogP contribution is -2.47. The zero-order chi connectivity index (χ0) is 20.1. The van der Waals surface area contributed by atoms with E-state index < -0.39 is 6.04 Å². The van der Waals surface area contributed by atoms with Gasteiger partial charge in [-0.25, -0.2) is 0 Å². The Labute approximate surface area is 166 Å². The first-order valence-electron chi connectivity index (χ1n) is 9.41. The molecule has 2 atom stereocenters. The van der Waals surface area contributed by atoms with Gasteiger partial charge in [0, 0.05) is 31.2 Å². The van der Waals surface area contributed by atoms with Gasteiger partial charge < -0.3 is 20.3 Å². The number of benzene rings is 1. The number of carbonyl (C=O) groups excluding carboxylic acids is 2. The fourth-order valence-corrected chi connectivity index (χ4v) is 3.48. The Balaban J connectivity index is 2.11. The zero-order valence-electron chi connectivity index (χ0n) is 16.6. The molecular formula is C20H30ClN3O3. The average Bonchev–Trinajstić information content (AvgIpc) is 3.13. The highest BCUT2D eigenvalue weighted by Crippen LogP contribution is 2.28. The standard InChI is InChI=1S/C20H30ClN3O3/c1-13(2)16(22)9-11-23(3)20(26)17-6-5-10-24(17)19(25)15-12-14(21)7-8-18(15)27-4/h7-8,12-13,16-17H,5-6,9-11,22H2,1-4H3. The second-order valence-corrected chi connectivity index (χ2v) is 7.89. The molecule has 1 aliphatic heterocycles. The number of hydrogen-bond donors (Lipinski definition) is 1. The Morgan fingerprint density at radius 1 is 1.41 bits per heavy atom. The van der Waals surface area contributed by atoms with Gasteiger partial charge in [-0.1, -0.05) is 25.4 Å². The number of nitrogens with zero attached hydrogens (tertiary/aromatic N) is 2. The molecule has 1 aliphatic rings. The summed E-state index contributed by atoms with van der Waals surface area (Å²) in [5, 5.41) is 0.459. The molecule has 2 N–H and O–H groups in total. The normalized spacial score (nSPS) is 17.9. The fourth-order valence-electron chi connectivity index (χ4n) is 3.31. The molecular weight excluding hydrogens is 366 g/mol. The largest absolute Gasteiger partial charge is 0.496 e. The van der Waals surface area contributed by atoms with Crippen molar-refractivity contribution in [1.82, 2.24) is 9.80 Å². The van der Waals surface area contributed by atoms with Crippen LogP contribution in [0.1, 0.15) is 43.5 Å². The van der Waals surface area contributed by atoms with E-state index in [4.69, 9.17) is 22.1 Å². The molecule has 2 rings (SSSR count). The summed E-state index contributed by atoms with van der Waals surface area (Å²) in [4.78, 5) is 29.3. The van der Waals surface area contributed by atoms with Gasteiger partial charge >= 0.3 is 0 Å². The monoisotopic (exact) mass is 395 g/mol. The van der Waals surface area contributed by atoms with Crippen LogP contribution in [0.15, 0.2) is 18.2 Å². The van der Waals surface area contributed by atoms with Crippen molar-refractivity contribution in [2.75, 3.05) is 27.2 Å². The Morgan fingerprint density at radius 2 is 2.11 bits per heavy atom. The summed E-state index contributed by atoms with van der Waals surface area (Å²) in [5.41, 5.74) is 6.47. The Kier molecular flexibility index (Phi) is 7.50. The van der Waals surface area contributed by atoms with E-state index in [1.165, 1.54) is 7.11 Å². The molecule has 0 bridgehead atoms. The Morgan fingerprint density at radius 3 is 2.74 bits per heavy atom. The van der Waals surface area contributed by atoms with Crippen LogP contribution in [0.4, 0.5) is 0 Å². The van der Waals surface area contributed by atoms with Crippen molar-refractivity contribution >= 4 is 23.4 Å². The third kappa shape index (κ3) is 5.14. The lowest BCUT2D eigenvalue weighted by Gasteiger charge is -2.29. The van der Waals surface area contributed by atoms with Crippen LogP contribution in [0.5, 0.6) is 5.75 Å². The fraction of sp³-hybridized carbons (Fsp3) is 0.600. The second kappa shape index (κ2) is 9.42. The molecule has 7 heteroatoms. The van der Waals surface area contributed by atoms with E-state index in [0.717, 1.165) is 12.8 Å². The maximum absolute atomic E-state index is 13.1. The van der Waals surface area contributed by atoms with Gasteiger partial charge in [0.25, 0.3) is 5.91 Å². The quantitative estimate of drug-likeness (QED) is 0.770. The Hall–Kier alpha value is -1.79. The third-order valence-electron chi connectivity index (χ3n) is 5.22. The average molecular weight is 396 g/mol. The predicted molar refractivity (Wildman–Crippen MR) is 107 cm³/mol. The number of rotatable bonds is 7. The van der Waals surface area contributed by atoms with Gasteiger partial charge in [-0.05, 0) is 43.4 Å². The highest BCUT2D eigenvalue weighted by molar-refractivity contribution is 6.31. The van der Waals surface area contributed by atoms with Crippen LogP contribution < -0.4 is 10.5 Å². The van der Waals surface area contributed by atoms with Crippen LogP contribution >= 0.6 is 11.6 Å². The summed E-state index contributed by atoms with van der Waals surface area (Å²) in [7, 11) is 3.29. The summed E-state index contributed by atoms with van der Waals surface area (Å²) < 4.78 is 5.30. The van der Waals surface area contributed by atoms with Crippen molar-refractivity contribution in [3.63, 3.8) is 0 Å². The van der Waals surface area contributed by atoms with Crippen LogP contribution in [-0.2, 0) is 4.79 Å². The van der Waals surface area contributed by atoms with E-state index in [0.29, 0.717) is 41.8 Å². The number of likely N-dealkylation sites (N-methyl/N-ethyl adjacent to an activating group) is 1. The summed E-state index contributed by atoms with van der Waals surface area (Å²) >= 11 is 6.06. The van der Waals surface area contributed by atoms with Crippen molar-refractivity contribution in [1.29, 1.82) is 0 Å². The molecule has 27 heavy (non-hydrogen) atoms. The number of likely N-dealkylation sites (tertiary alicyclic amines) is 1. The maximum Gasteiger partial charge on any atom is 0.258 e. The van der Waals surface area contributed by atoms with Crippen LogP contribution in [0.25, 0.3) is 0 Å². The van der Waals surface area contributed by atoms with E-state index in [9.17, 15) is 9.59 Å². The molecule has 1 aromatic rings. The van der Waals surface area contributed by atoms with Gasteiger partial charge in [-0.2, -0.15) is 0 Å². The SMILES string of the molecule is COc1ccc(Cl)cc1C(=O)N1CCCC1C(=O)N(C)CCC(N)C(C)C. The smallest absolute Gasteiger partial charge is 0.258 e. The molecule has 0 saturated carbocycles. The van der Waals surface area contributed by atoms with Crippen molar-refractivity contribution < 1.29 is 14.3 Å². The van der Waals surface area contributed by atoms with Gasteiger partial charge in [-0.3, -0.25) is 9.59 Å². The number of hydrogen-bond acceptors (Lipinski definition) is 4. The minimum atomic E-state index is -0.457. The molecule has 0 aromatic heterocycles. The number of methoxy groups -OCH3 is 1. The molecule has 1 heterocycles. The van der Waals surface area contributed by atoms with Gasteiger partial charge in [0.2, 0.25) is 5.91 Å². The molecule has 1 fully saturated rings. The first kappa shape index (κ1) is 21.5. The van der Waals surface area contributed by atoms with Crippen molar-refractivity contribution in [2.24, 2.45) is 11.7 Å². The lowest BCUT2D eigenvalue weighted by molar-refractivity contribution is -0.134. The van der Waals surface area contributed by atoms with Crippen LogP contribution in [-0.4, -0.2) is 60.9 Å². The van der Waals surface area contributed by atoms with Gasteiger partial charge in [0.1, 0.15) is 11.8 Å². The topological polar surface area (TPSA) is 75.9 Å². The second-order valence-electron chi connectivity index (χ2n) is 7.46. The zero-order valence-corrected chi connectivity index (χ0v) is 17.3. The van der Waals surface area contributed by atoms with Gasteiger partial charge in [-0.15, -0.1) is 0 Å². The first-order valence-corrected chi connectivity index (χ1v) is 9.79. The number of nitrogens with two attached hydrogens (primary N) is 1.